The summed E-state index contributed by atoms with van der Waals surface area (Å²) < 4.78 is 0. The third-order valence-corrected chi connectivity index (χ3v) is 0. The van der Waals surface area contributed by atoms with Crippen LogP contribution in [0.5, 0.6) is 0 Å². The summed E-state index contributed by atoms with van der Waals surface area (Å²) in [5.74, 6) is 0. The summed E-state index contributed by atoms with van der Waals surface area (Å²) >= 11 is 4.53. The van der Waals surface area contributed by atoms with E-state index in [2.05, 4.69) is 18.0 Å². The molecule has 0 N–H and O–H groups in total. The van der Waals surface area contributed by atoms with E-state index in [1.807, 2.05) is 0 Å². The summed E-state index contributed by atoms with van der Waals surface area (Å²) in [6.07, 6.45) is 4.36. The zero-order valence-corrected chi connectivity index (χ0v) is 4.33. The second-order valence-corrected chi connectivity index (χ2v) is 0.327. The molecule has 0 fully saturated rings. The van der Waals surface area contributed by atoms with Crippen molar-refractivity contribution in [1.29, 1.82) is 0 Å². The molecule has 0 amide bonds. The van der Waals surface area contributed by atoms with Gasteiger partial charge in [-0.1, -0.05) is 0 Å². The van der Waals surface area contributed by atoms with Crippen molar-refractivity contribution in [2.24, 2.45) is 0 Å². The van der Waals surface area contributed by atoms with E-state index in [4.69, 9.17) is 0 Å². The van der Waals surface area contributed by atoms with Gasteiger partial charge in [0.2, 0.25) is 0 Å². The van der Waals surface area contributed by atoms with Crippen molar-refractivity contribution in [3.63, 3.8) is 0 Å². The minimum absolute atomic E-state index is 0. The lowest BCUT2D eigenvalue weighted by atomic mass is 11.4. The Bertz CT molecular complexity index is 27.5. The molecule has 0 aliphatic rings. The van der Waals surface area contributed by atoms with Crippen LogP contribution < -0.4 is 0 Å². The van der Waals surface area contributed by atoms with Crippen molar-refractivity contribution in [3.05, 3.63) is 0 Å². The molecule has 0 radical (unpaired) electrons. The van der Waals surface area contributed by atoms with E-state index in [0.29, 0.717) is 0 Å². The Balaban J connectivity index is 0. The fourth-order valence-corrected chi connectivity index (χ4v) is 0. The summed E-state index contributed by atoms with van der Waals surface area (Å²) in [4.78, 5) is 0. The highest BCUT2D eigenvalue weighted by Crippen LogP contribution is 1.48. The molecule has 0 rings (SSSR count). The number of rotatable bonds is 0. The van der Waals surface area contributed by atoms with Crippen molar-refractivity contribution < 1.29 is 0 Å². The summed E-state index contributed by atoms with van der Waals surface area (Å²) in [6, 6.07) is 0. The van der Waals surface area contributed by atoms with Gasteiger partial charge in [-0.2, -0.15) is 0 Å². The summed E-state index contributed by atoms with van der Waals surface area (Å²) in [7, 11) is 0. The van der Waals surface area contributed by atoms with E-state index in [0.717, 1.165) is 0 Å². The van der Waals surface area contributed by atoms with Crippen LogP contribution in [0.25, 0.3) is 0 Å². The first kappa shape index (κ1) is 8.84. The zero-order valence-electron chi connectivity index (χ0n) is 1.86. The molecule has 0 heterocycles. The molecule has 0 aliphatic carbocycles. The largest absolute Gasteiger partial charge is 0.114 e. The van der Waals surface area contributed by atoms with E-state index in [9.17, 15) is 0 Å². The Morgan fingerprint density at radius 2 is 1.75 bits per heavy atom. The molecule has 0 atom stereocenters. The first-order valence-corrected chi connectivity index (χ1v) is 0.856. The highest BCUT2D eigenvalue weighted by molar-refractivity contribution is 8.93. The van der Waals surface area contributed by atoms with Crippen molar-refractivity contribution in [2.45, 2.75) is 0 Å². The van der Waals surface area contributed by atoms with Gasteiger partial charge in [0.25, 0.3) is 0 Å². The average Bonchev–Trinajstić information content (AvgIpc) is 0.918. The van der Waals surface area contributed by atoms with Crippen LogP contribution in [-0.2, 0) is 0 Å². The molecule has 0 saturated carbocycles. The Labute approximate surface area is 40.9 Å². The third-order valence-electron chi connectivity index (χ3n) is 0. The SMILES string of the molecule is Br.C#CCl. The van der Waals surface area contributed by atoms with Crippen LogP contribution >= 0.6 is 28.6 Å². The predicted octanol–water partition coefficient (Wildman–Crippen LogP) is 1.39. The standard InChI is InChI=1S/C2HCl.BrH/c1-2-3;/h1H;1H. The van der Waals surface area contributed by atoms with Crippen molar-refractivity contribution in [2.75, 3.05) is 0 Å². The van der Waals surface area contributed by atoms with Gasteiger partial charge in [0, 0.05) is 5.38 Å². The number of hydrogen-bond donors (Lipinski definition) is 0. The fourth-order valence-electron chi connectivity index (χ4n) is 0. The second-order valence-electron chi connectivity index (χ2n) is 0.109. The molecule has 0 aromatic rings. The summed E-state index contributed by atoms with van der Waals surface area (Å²) in [5, 5.41) is 1.72. The van der Waals surface area contributed by atoms with E-state index in [-0.39, 0.29) is 17.0 Å². The molecule has 0 aromatic carbocycles. The molecule has 0 nitrogen and oxygen atoms in total. The van der Waals surface area contributed by atoms with Crippen LogP contribution in [0.15, 0.2) is 0 Å². The lowest BCUT2D eigenvalue weighted by Crippen LogP contribution is -0.954. The van der Waals surface area contributed by atoms with Gasteiger partial charge in [0.15, 0.2) is 0 Å². The maximum absolute atomic E-state index is 4.53. The van der Waals surface area contributed by atoms with Gasteiger partial charge in [0.05, 0.1) is 0 Å². The van der Waals surface area contributed by atoms with Gasteiger partial charge >= 0.3 is 0 Å². The molecular weight excluding hydrogens is 139 g/mol. The van der Waals surface area contributed by atoms with Crippen LogP contribution in [0.1, 0.15) is 0 Å². The normalized spacial score (nSPS) is 2.00. The molecule has 0 unspecified atom stereocenters. The second kappa shape index (κ2) is 10.2. The average molecular weight is 141 g/mol. The zero-order chi connectivity index (χ0) is 2.71. The molecular formula is C2H2BrCl. The number of hydrogen-bond acceptors (Lipinski definition) is 0. The van der Waals surface area contributed by atoms with E-state index >= 15 is 0 Å². The minimum Gasteiger partial charge on any atom is -0.114 e. The Hall–Kier alpha value is 0.330. The van der Waals surface area contributed by atoms with E-state index in [1.54, 1.807) is 5.38 Å². The smallest absolute Gasteiger partial charge is 0.000627 e. The quantitative estimate of drug-likeness (QED) is 0.447. The summed E-state index contributed by atoms with van der Waals surface area (Å²) in [6.45, 7) is 0. The Morgan fingerprint density at radius 1 is 1.75 bits per heavy atom. The minimum atomic E-state index is 0. The third kappa shape index (κ3) is 37.8. The van der Waals surface area contributed by atoms with Gasteiger partial charge in [-0.25, -0.2) is 0 Å². The van der Waals surface area contributed by atoms with Crippen molar-refractivity contribution in [3.8, 4) is 11.8 Å². The van der Waals surface area contributed by atoms with Gasteiger partial charge in [0.1, 0.15) is 0 Å². The first-order chi connectivity index (χ1) is 1.41. The van der Waals surface area contributed by atoms with Crippen molar-refractivity contribution in [1.82, 2.24) is 0 Å². The fraction of sp³-hybridized carbons (Fsp3) is 0. The highest BCUT2D eigenvalue weighted by Gasteiger charge is 1.13. The van der Waals surface area contributed by atoms with Gasteiger partial charge in [-0.3, -0.25) is 0 Å². The maximum atomic E-state index is 4.53. The van der Waals surface area contributed by atoms with Gasteiger partial charge in [-0.15, -0.1) is 23.4 Å². The highest BCUT2D eigenvalue weighted by atomic mass is 79.9. The Morgan fingerprint density at radius 3 is 1.75 bits per heavy atom. The number of terminal acetylenes is 1. The first-order valence-electron chi connectivity index (χ1n) is 0.478. The molecule has 0 saturated heterocycles. The van der Waals surface area contributed by atoms with Gasteiger partial charge in [-0.05, 0) is 11.6 Å². The summed E-state index contributed by atoms with van der Waals surface area (Å²) in [5.41, 5.74) is 0. The van der Waals surface area contributed by atoms with Crippen molar-refractivity contribution >= 4 is 28.6 Å². The lowest BCUT2D eigenvalue weighted by Gasteiger charge is -1.18. The number of halogens is 2. The Kier molecular flexibility index (Phi) is 22.6. The molecule has 24 valence electrons. The van der Waals surface area contributed by atoms with E-state index < -0.39 is 0 Å². The van der Waals surface area contributed by atoms with Gasteiger partial charge < -0.3 is 0 Å². The lowest BCUT2D eigenvalue weighted by molar-refractivity contribution is 3.10. The molecule has 2 heteroatoms. The van der Waals surface area contributed by atoms with Crippen LogP contribution in [0.4, 0.5) is 0 Å². The molecule has 0 spiro atoms. The molecule has 0 aromatic heterocycles. The predicted molar refractivity (Wildman–Crippen MR) is 25.0 cm³/mol. The molecule has 0 aliphatic heterocycles. The topological polar surface area (TPSA) is 0 Å². The van der Waals surface area contributed by atoms with Crippen LogP contribution in [0.2, 0.25) is 0 Å². The van der Waals surface area contributed by atoms with E-state index in [1.165, 1.54) is 0 Å². The molecule has 0 bridgehead atoms. The molecule has 4 heavy (non-hydrogen) atoms. The van der Waals surface area contributed by atoms with Crippen LogP contribution in [0.3, 0.4) is 0 Å². The maximum Gasteiger partial charge on any atom is 0.000627 e. The monoisotopic (exact) mass is 140 g/mol. The van der Waals surface area contributed by atoms with Crippen LogP contribution in [0, 0.1) is 11.8 Å². The van der Waals surface area contributed by atoms with Crippen LogP contribution in [-0.4, -0.2) is 0 Å².